The van der Waals surface area contributed by atoms with Gasteiger partial charge in [-0.1, -0.05) is 32.4 Å². The maximum atomic E-state index is 12.4. The predicted molar refractivity (Wildman–Crippen MR) is 84.0 cm³/mol. The van der Waals surface area contributed by atoms with E-state index in [-0.39, 0.29) is 26.8 Å². The number of hydrogen-bond acceptors (Lipinski definition) is 3. The number of amides is 1. The monoisotopic (exact) mass is 332 g/mol. The van der Waals surface area contributed by atoms with Gasteiger partial charge in [0.25, 0.3) is 5.91 Å². The average Bonchev–Trinajstić information content (AvgIpc) is 2.27. The molecule has 0 heterocycles. The summed E-state index contributed by atoms with van der Waals surface area (Å²) in [7, 11) is -2.26. The highest BCUT2D eigenvalue weighted by molar-refractivity contribution is 7.89. The number of rotatable bonds is 3. The summed E-state index contributed by atoms with van der Waals surface area (Å²) in [5, 5.41) is 5.36. The second-order valence-electron chi connectivity index (χ2n) is 6.35. The fourth-order valence-electron chi connectivity index (χ4n) is 2.08. The number of nitrogens with zero attached hydrogens (tertiary/aromatic N) is 1. The molecule has 1 aromatic rings. The van der Waals surface area contributed by atoms with Crippen LogP contribution in [0.5, 0.6) is 0 Å². The molecule has 0 bridgehead atoms. The van der Waals surface area contributed by atoms with Crippen LogP contribution in [-0.2, 0) is 10.0 Å². The molecule has 21 heavy (non-hydrogen) atoms. The van der Waals surface area contributed by atoms with Crippen molar-refractivity contribution >= 4 is 27.5 Å². The molecule has 0 saturated heterocycles. The van der Waals surface area contributed by atoms with Crippen molar-refractivity contribution in [2.24, 2.45) is 10.6 Å². The van der Waals surface area contributed by atoms with Crippen LogP contribution in [0.2, 0.25) is 5.02 Å². The molecule has 0 unspecified atom stereocenters. The molecule has 2 N–H and O–H groups in total. The van der Waals surface area contributed by atoms with E-state index in [1.807, 2.05) is 20.8 Å². The van der Waals surface area contributed by atoms with Gasteiger partial charge in [-0.3, -0.25) is 4.79 Å². The third kappa shape index (κ3) is 4.69. The number of carbonyl (C=O) groups is 1. The van der Waals surface area contributed by atoms with Crippen molar-refractivity contribution in [1.29, 1.82) is 0 Å². The summed E-state index contributed by atoms with van der Waals surface area (Å²) in [4.78, 5) is 13.8. The molecule has 0 aliphatic carbocycles. The molecule has 7 heteroatoms. The Labute approximate surface area is 131 Å². The first-order valence-electron chi connectivity index (χ1n) is 6.41. The normalized spacial score (nSPS) is 12.3. The summed E-state index contributed by atoms with van der Waals surface area (Å²) in [6.07, 6.45) is 0. The Balaban J connectivity index is 3.27. The highest BCUT2D eigenvalue weighted by Crippen LogP contribution is 2.26. The van der Waals surface area contributed by atoms with E-state index in [0.29, 0.717) is 12.1 Å². The van der Waals surface area contributed by atoms with Crippen molar-refractivity contribution in [3.8, 4) is 0 Å². The van der Waals surface area contributed by atoms with Gasteiger partial charge in [-0.25, -0.2) is 13.6 Å². The third-order valence-corrected chi connectivity index (χ3v) is 4.34. The molecule has 118 valence electrons. The van der Waals surface area contributed by atoms with Gasteiger partial charge in [-0.15, -0.1) is 0 Å². The maximum Gasteiger partial charge on any atom is 0.253 e. The summed E-state index contributed by atoms with van der Waals surface area (Å²) in [5.41, 5.74) is 0.484. The molecule has 0 aliphatic rings. The lowest BCUT2D eigenvalue weighted by Gasteiger charge is -2.27. The second kappa shape index (κ2) is 5.94. The van der Waals surface area contributed by atoms with Gasteiger partial charge in [0.2, 0.25) is 10.0 Å². The first kappa shape index (κ1) is 17.9. The molecular weight excluding hydrogens is 312 g/mol. The van der Waals surface area contributed by atoms with Gasteiger partial charge in [0, 0.05) is 24.2 Å². The summed E-state index contributed by atoms with van der Waals surface area (Å²) < 4.78 is 23.1. The van der Waals surface area contributed by atoms with Crippen molar-refractivity contribution in [2.45, 2.75) is 32.6 Å². The standard InChI is InChI=1S/C14H21ClN2O3S/c1-9-11(15)6-10(7-12(9)21(16,19)20)13(18)17(5)8-14(2,3)4/h6-7H,8H2,1-5H3,(H2,16,19,20). The zero-order chi connectivity index (χ0) is 16.6. The van der Waals surface area contributed by atoms with Gasteiger partial charge < -0.3 is 4.90 Å². The van der Waals surface area contributed by atoms with Gasteiger partial charge in [-0.2, -0.15) is 0 Å². The summed E-state index contributed by atoms with van der Waals surface area (Å²) >= 11 is 6.02. The molecule has 0 aliphatic heterocycles. The van der Waals surface area contributed by atoms with Crippen LogP contribution in [0.1, 0.15) is 36.7 Å². The van der Waals surface area contributed by atoms with E-state index in [1.165, 1.54) is 17.0 Å². The minimum atomic E-state index is -3.93. The largest absolute Gasteiger partial charge is 0.341 e. The van der Waals surface area contributed by atoms with Crippen molar-refractivity contribution in [2.75, 3.05) is 13.6 Å². The average molecular weight is 333 g/mol. The lowest BCUT2D eigenvalue weighted by molar-refractivity contribution is 0.0745. The molecule has 1 aromatic carbocycles. The summed E-state index contributed by atoms with van der Waals surface area (Å²) in [6, 6.07) is 2.74. The Kier molecular flexibility index (Phi) is 5.08. The molecule has 0 saturated carbocycles. The van der Waals surface area contributed by atoms with E-state index in [2.05, 4.69) is 0 Å². The van der Waals surface area contributed by atoms with Gasteiger partial charge >= 0.3 is 0 Å². The van der Waals surface area contributed by atoms with E-state index in [4.69, 9.17) is 16.7 Å². The van der Waals surface area contributed by atoms with Crippen molar-refractivity contribution in [3.05, 3.63) is 28.3 Å². The molecular formula is C14H21ClN2O3S. The van der Waals surface area contributed by atoms with Crippen LogP contribution in [0, 0.1) is 12.3 Å². The number of benzene rings is 1. The minimum Gasteiger partial charge on any atom is -0.341 e. The molecule has 0 fully saturated rings. The van der Waals surface area contributed by atoms with E-state index in [9.17, 15) is 13.2 Å². The SMILES string of the molecule is Cc1c(Cl)cc(C(=O)N(C)CC(C)(C)C)cc1S(N)(=O)=O. The van der Waals surface area contributed by atoms with Crippen molar-refractivity contribution in [3.63, 3.8) is 0 Å². The van der Waals surface area contributed by atoms with Gasteiger partial charge in [0.15, 0.2) is 0 Å². The van der Waals surface area contributed by atoms with Crippen LogP contribution >= 0.6 is 11.6 Å². The van der Waals surface area contributed by atoms with Crippen LogP contribution in [0.15, 0.2) is 17.0 Å². The number of primary sulfonamides is 1. The lowest BCUT2D eigenvalue weighted by atomic mass is 9.96. The fraction of sp³-hybridized carbons (Fsp3) is 0.500. The lowest BCUT2D eigenvalue weighted by Crippen LogP contribution is -2.34. The van der Waals surface area contributed by atoms with E-state index in [1.54, 1.807) is 14.0 Å². The van der Waals surface area contributed by atoms with E-state index < -0.39 is 10.0 Å². The first-order chi connectivity index (χ1) is 9.33. The third-order valence-electron chi connectivity index (χ3n) is 2.91. The smallest absolute Gasteiger partial charge is 0.253 e. The van der Waals surface area contributed by atoms with Crippen molar-refractivity contribution in [1.82, 2.24) is 4.90 Å². The van der Waals surface area contributed by atoms with Crippen molar-refractivity contribution < 1.29 is 13.2 Å². The van der Waals surface area contributed by atoms with E-state index in [0.717, 1.165) is 0 Å². The quantitative estimate of drug-likeness (QED) is 0.923. The Hall–Kier alpha value is -1.11. The maximum absolute atomic E-state index is 12.4. The topological polar surface area (TPSA) is 80.5 Å². The number of halogens is 1. The molecule has 1 rings (SSSR count). The Bertz CT molecular complexity index is 664. The van der Waals surface area contributed by atoms with Crippen LogP contribution in [0.4, 0.5) is 0 Å². The molecule has 0 radical (unpaired) electrons. The zero-order valence-corrected chi connectivity index (χ0v) is 14.5. The summed E-state index contributed by atoms with van der Waals surface area (Å²) in [5.74, 6) is -0.295. The Morgan fingerprint density at radius 2 is 1.86 bits per heavy atom. The molecule has 0 spiro atoms. The molecule has 0 aromatic heterocycles. The Morgan fingerprint density at radius 1 is 1.33 bits per heavy atom. The van der Waals surface area contributed by atoms with Gasteiger partial charge in [0.1, 0.15) is 0 Å². The minimum absolute atomic E-state index is 0.0678. The number of sulfonamides is 1. The van der Waals surface area contributed by atoms with Crippen LogP contribution < -0.4 is 5.14 Å². The van der Waals surface area contributed by atoms with E-state index >= 15 is 0 Å². The number of hydrogen-bond donors (Lipinski definition) is 1. The first-order valence-corrected chi connectivity index (χ1v) is 8.34. The highest BCUT2D eigenvalue weighted by Gasteiger charge is 2.22. The van der Waals surface area contributed by atoms with Gasteiger partial charge in [0.05, 0.1) is 4.90 Å². The second-order valence-corrected chi connectivity index (χ2v) is 8.29. The van der Waals surface area contributed by atoms with Crippen LogP contribution in [0.25, 0.3) is 0 Å². The zero-order valence-electron chi connectivity index (χ0n) is 12.9. The molecule has 0 atom stereocenters. The Morgan fingerprint density at radius 3 is 2.29 bits per heavy atom. The molecule has 1 amide bonds. The van der Waals surface area contributed by atoms with Crippen LogP contribution in [-0.4, -0.2) is 32.8 Å². The predicted octanol–water partition coefficient (Wildman–Crippen LogP) is 2.41. The van der Waals surface area contributed by atoms with Crippen LogP contribution in [0.3, 0.4) is 0 Å². The molecule has 5 nitrogen and oxygen atoms in total. The highest BCUT2D eigenvalue weighted by atomic mass is 35.5. The fourth-order valence-corrected chi connectivity index (χ4v) is 3.18. The number of nitrogens with two attached hydrogens (primary N) is 1. The van der Waals surface area contributed by atoms with Gasteiger partial charge in [-0.05, 0) is 30.0 Å². The number of carbonyl (C=O) groups excluding carboxylic acids is 1. The summed E-state index contributed by atoms with van der Waals surface area (Å²) in [6.45, 7) is 8.11.